The van der Waals surface area contributed by atoms with Crippen molar-refractivity contribution in [1.29, 1.82) is 0 Å². The topological polar surface area (TPSA) is 78.9 Å². The van der Waals surface area contributed by atoms with Crippen LogP contribution in [0.25, 0.3) is 0 Å². The number of esters is 3. The van der Waals surface area contributed by atoms with Gasteiger partial charge >= 0.3 is 17.9 Å². The molecule has 0 aliphatic rings. The molecule has 0 bridgehead atoms. The van der Waals surface area contributed by atoms with Gasteiger partial charge < -0.3 is 14.2 Å². The van der Waals surface area contributed by atoms with Crippen molar-refractivity contribution in [1.82, 2.24) is 0 Å². The summed E-state index contributed by atoms with van der Waals surface area (Å²) in [6.07, 6.45) is 100.0. The van der Waals surface area contributed by atoms with Crippen LogP contribution in [-0.2, 0) is 28.6 Å². The summed E-state index contributed by atoms with van der Waals surface area (Å²) in [5.41, 5.74) is 0. The highest BCUT2D eigenvalue weighted by atomic mass is 16.6. The average Bonchev–Trinajstić information content (AvgIpc) is 3.49. The van der Waals surface area contributed by atoms with Gasteiger partial charge in [-0.1, -0.05) is 289 Å². The molecule has 0 aromatic rings. The van der Waals surface area contributed by atoms with Crippen molar-refractivity contribution < 1.29 is 28.6 Å². The molecule has 6 heteroatoms. The molecule has 0 saturated carbocycles. The predicted molar refractivity (Wildman–Crippen MR) is 362 cm³/mol. The minimum Gasteiger partial charge on any atom is -0.462 e. The Morgan fingerprint density at radius 3 is 0.759 bits per heavy atom. The molecule has 0 radical (unpaired) electrons. The number of hydrogen-bond acceptors (Lipinski definition) is 6. The van der Waals surface area contributed by atoms with Crippen molar-refractivity contribution in [2.24, 2.45) is 0 Å². The van der Waals surface area contributed by atoms with Gasteiger partial charge in [0.15, 0.2) is 6.10 Å². The first-order valence-corrected chi connectivity index (χ1v) is 34.3. The van der Waals surface area contributed by atoms with Crippen LogP contribution in [0.3, 0.4) is 0 Å². The fourth-order valence-corrected chi connectivity index (χ4v) is 9.23. The van der Waals surface area contributed by atoms with E-state index in [0.717, 1.165) is 135 Å². The highest BCUT2D eigenvalue weighted by Crippen LogP contribution is 2.16. The Bertz CT molecular complexity index is 1800. The first kappa shape index (κ1) is 78.3. The van der Waals surface area contributed by atoms with Crippen LogP contribution in [0.2, 0.25) is 0 Å². The van der Waals surface area contributed by atoms with Gasteiger partial charge in [-0.15, -0.1) is 0 Å². The van der Waals surface area contributed by atoms with E-state index >= 15 is 0 Å². The van der Waals surface area contributed by atoms with Crippen LogP contribution in [0.1, 0.15) is 303 Å². The van der Waals surface area contributed by atoms with Gasteiger partial charge in [-0.2, -0.15) is 0 Å². The fourth-order valence-electron chi connectivity index (χ4n) is 9.23. The van der Waals surface area contributed by atoms with E-state index in [4.69, 9.17) is 14.2 Å². The summed E-state index contributed by atoms with van der Waals surface area (Å²) in [7, 11) is 0. The maximum atomic E-state index is 13.0. The molecule has 0 amide bonds. The van der Waals surface area contributed by atoms with Gasteiger partial charge in [0.1, 0.15) is 13.2 Å². The smallest absolute Gasteiger partial charge is 0.306 e. The molecule has 0 heterocycles. The Kier molecular flexibility index (Phi) is 65.8. The summed E-state index contributed by atoms with van der Waals surface area (Å²) < 4.78 is 17.0. The van der Waals surface area contributed by atoms with E-state index in [0.29, 0.717) is 19.3 Å². The Morgan fingerprint density at radius 1 is 0.253 bits per heavy atom. The Morgan fingerprint density at radius 2 is 0.470 bits per heavy atom. The average molecular weight is 1150 g/mol. The van der Waals surface area contributed by atoms with Crippen LogP contribution >= 0.6 is 0 Å². The van der Waals surface area contributed by atoms with Crippen molar-refractivity contribution in [3.8, 4) is 0 Å². The number of hydrogen-bond donors (Lipinski definition) is 0. The van der Waals surface area contributed by atoms with Crippen molar-refractivity contribution >= 4 is 17.9 Å². The van der Waals surface area contributed by atoms with Crippen molar-refractivity contribution in [3.05, 3.63) is 146 Å². The molecule has 6 nitrogen and oxygen atoms in total. The summed E-state index contributed by atoms with van der Waals surface area (Å²) >= 11 is 0. The number of rotatable bonds is 61. The van der Waals surface area contributed by atoms with Gasteiger partial charge in [-0.25, -0.2) is 0 Å². The van der Waals surface area contributed by atoms with E-state index in [2.05, 4.69) is 167 Å². The largest absolute Gasteiger partial charge is 0.462 e. The normalized spacial score (nSPS) is 13.0. The Balaban J connectivity index is 4.47. The summed E-state index contributed by atoms with van der Waals surface area (Å²) in [4.78, 5) is 38.5. The lowest BCUT2D eigenvalue weighted by Crippen LogP contribution is -2.30. The second-order valence-corrected chi connectivity index (χ2v) is 22.3. The monoisotopic (exact) mass is 1150 g/mol. The lowest BCUT2D eigenvalue weighted by molar-refractivity contribution is -0.167. The maximum absolute atomic E-state index is 13.0. The van der Waals surface area contributed by atoms with E-state index in [1.54, 1.807) is 0 Å². The number of unbranched alkanes of at least 4 members (excludes halogenated alkanes) is 26. The zero-order valence-corrected chi connectivity index (χ0v) is 53.9. The van der Waals surface area contributed by atoms with Gasteiger partial charge in [0.05, 0.1) is 0 Å². The third-order valence-electron chi connectivity index (χ3n) is 14.3. The molecule has 0 fully saturated rings. The molecule has 0 aromatic heterocycles. The van der Waals surface area contributed by atoms with Gasteiger partial charge in [0, 0.05) is 19.3 Å². The van der Waals surface area contributed by atoms with Gasteiger partial charge in [0.25, 0.3) is 0 Å². The van der Waals surface area contributed by atoms with E-state index in [1.165, 1.54) is 128 Å². The highest BCUT2D eigenvalue weighted by Gasteiger charge is 2.19. The summed E-state index contributed by atoms with van der Waals surface area (Å²) in [6, 6.07) is 0. The van der Waals surface area contributed by atoms with Crippen molar-refractivity contribution in [2.45, 2.75) is 309 Å². The van der Waals surface area contributed by atoms with E-state index in [9.17, 15) is 14.4 Å². The molecule has 1 unspecified atom stereocenters. The second kappa shape index (κ2) is 69.8. The van der Waals surface area contributed by atoms with E-state index in [-0.39, 0.29) is 31.1 Å². The van der Waals surface area contributed by atoms with E-state index < -0.39 is 6.10 Å². The molecule has 470 valence electrons. The summed E-state index contributed by atoms with van der Waals surface area (Å²) in [5, 5.41) is 0. The first-order valence-electron chi connectivity index (χ1n) is 34.3. The fraction of sp³-hybridized carbons (Fsp3) is 0.649. The number of carbonyl (C=O) groups excluding carboxylic acids is 3. The lowest BCUT2D eigenvalue weighted by atomic mass is 10.0. The minimum atomic E-state index is -0.805. The lowest BCUT2D eigenvalue weighted by Gasteiger charge is -2.18. The summed E-state index contributed by atoms with van der Waals surface area (Å²) in [5.74, 6) is -0.934. The molecule has 0 aromatic carbocycles. The zero-order chi connectivity index (χ0) is 59.9. The molecule has 0 aliphatic heterocycles. The Hall–Kier alpha value is -4.71. The second-order valence-electron chi connectivity index (χ2n) is 22.3. The highest BCUT2D eigenvalue weighted by molar-refractivity contribution is 5.71. The molecular weight excluding hydrogens is 1020 g/mol. The van der Waals surface area contributed by atoms with Crippen LogP contribution in [0, 0.1) is 0 Å². The Labute approximate surface area is 512 Å². The van der Waals surface area contributed by atoms with Crippen LogP contribution in [0.15, 0.2) is 146 Å². The van der Waals surface area contributed by atoms with Crippen LogP contribution in [-0.4, -0.2) is 37.2 Å². The van der Waals surface area contributed by atoms with Gasteiger partial charge in [-0.3, -0.25) is 14.4 Å². The predicted octanol–water partition coefficient (Wildman–Crippen LogP) is 23.9. The zero-order valence-electron chi connectivity index (χ0n) is 53.9. The van der Waals surface area contributed by atoms with Gasteiger partial charge in [-0.05, 0) is 141 Å². The van der Waals surface area contributed by atoms with Crippen molar-refractivity contribution in [3.63, 3.8) is 0 Å². The molecule has 1 atom stereocenters. The quantitative estimate of drug-likeness (QED) is 0.0261. The molecule has 0 rings (SSSR count). The molecular formula is C77H126O6. The molecule has 0 saturated heterocycles. The number of carbonyl (C=O) groups is 3. The molecule has 83 heavy (non-hydrogen) atoms. The maximum Gasteiger partial charge on any atom is 0.306 e. The first-order chi connectivity index (χ1) is 41.0. The third kappa shape index (κ3) is 68.0. The van der Waals surface area contributed by atoms with Crippen LogP contribution in [0.4, 0.5) is 0 Å². The standard InChI is InChI=1S/C77H126O6/c1-4-7-10-13-16-19-22-25-28-31-33-35-37-38-40-41-43-46-49-52-55-58-61-64-67-70-76(79)82-73-74(72-81-75(78)69-66-63-60-57-54-51-48-45-30-27-24-21-18-15-12-9-6-3)83-77(80)71-68-65-62-59-56-53-50-47-44-42-39-36-34-32-29-26-23-20-17-14-11-8-5-2/h7-8,10-11,16-17,19-20,25-30,33-36,38,40,43,46,52,55,74H,4-6,9,12-15,18,21-24,31-32,37,39,41-42,44-45,47-51,53-54,56-73H2,1-3H3/b10-7-,11-8-,19-16-,20-17-,28-25-,29-26-,30-27-,35-33-,36-34-,40-38-,46-43-,55-52-. The van der Waals surface area contributed by atoms with Crippen molar-refractivity contribution in [2.75, 3.05) is 13.2 Å². The van der Waals surface area contributed by atoms with Crippen LogP contribution in [0.5, 0.6) is 0 Å². The number of allylic oxidation sites excluding steroid dienone is 24. The minimum absolute atomic E-state index is 0.0966. The third-order valence-corrected chi connectivity index (χ3v) is 14.3. The summed E-state index contributed by atoms with van der Waals surface area (Å²) in [6.45, 7) is 6.39. The molecule has 0 N–H and O–H groups in total. The molecule has 0 aliphatic carbocycles. The van der Waals surface area contributed by atoms with E-state index in [1.807, 2.05) is 0 Å². The molecule has 0 spiro atoms. The number of ether oxygens (including phenoxy) is 3. The SMILES string of the molecule is CC/C=C\C/C=C\C/C=C\C/C=C\C/C=C\C/C=C\C/C=C\CCCCCC(=O)OCC(COC(=O)CCCCCCCCC/C=C\CCCCCCCC)OC(=O)CCCCCCCCCCCC/C=C\C/C=C\C/C=C\C/C=C\CC. The van der Waals surface area contributed by atoms with Gasteiger partial charge in [0.2, 0.25) is 0 Å². The van der Waals surface area contributed by atoms with Crippen LogP contribution < -0.4 is 0 Å².